The van der Waals surface area contributed by atoms with E-state index in [-0.39, 0.29) is 11.9 Å². The minimum Gasteiger partial charge on any atom is -0.271 e. The third kappa shape index (κ3) is 2.80. The first-order valence-corrected chi connectivity index (χ1v) is 7.23. The Kier molecular flexibility index (Phi) is 4.50. The van der Waals surface area contributed by atoms with Crippen LogP contribution in [0.3, 0.4) is 0 Å². The molecule has 1 atom stereocenters. The summed E-state index contributed by atoms with van der Waals surface area (Å²) < 4.78 is 14.0. The molecule has 1 heterocycles. The Balaban J connectivity index is 2.26. The maximum Gasteiger partial charge on any atom is 0.137 e. The SMILES string of the molecule is Cc1ccsc1C(Cc1cccc(F)c1Br)NN. The minimum atomic E-state index is -0.244. The molecule has 96 valence electrons. The maximum atomic E-state index is 13.5. The second-order valence-corrected chi connectivity index (χ2v) is 5.84. The first-order valence-electron chi connectivity index (χ1n) is 5.56. The van der Waals surface area contributed by atoms with Crippen LogP contribution in [0.1, 0.15) is 22.0 Å². The van der Waals surface area contributed by atoms with Crippen LogP contribution in [-0.4, -0.2) is 0 Å². The van der Waals surface area contributed by atoms with E-state index in [4.69, 9.17) is 5.84 Å². The molecule has 0 radical (unpaired) electrons. The van der Waals surface area contributed by atoms with Crippen molar-refractivity contribution in [2.24, 2.45) is 5.84 Å². The Labute approximate surface area is 118 Å². The van der Waals surface area contributed by atoms with Crippen molar-refractivity contribution in [1.82, 2.24) is 5.43 Å². The van der Waals surface area contributed by atoms with Crippen molar-refractivity contribution in [3.8, 4) is 0 Å². The summed E-state index contributed by atoms with van der Waals surface area (Å²) in [7, 11) is 0. The van der Waals surface area contributed by atoms with Crippen LogP contribution in [-0.2, 0) is 6.42 Å². The third-order valence-corrected chi connectivity index (χ3v) is 4.90. The van der Waals surface area contributed by atoms with Crippen LogP contribution < -0.4 is 11.3 Å². The number of nitrogens with one attached hydrogen (secondary N) is 1. The zero-order valence-electron chi connectivity index (χ0n) is 9.91. The first kappa shape index (κ1) is 13.7. The summed E-state index contributed by atoms with van der Waals surface area (Å²) in [5.41, 5.74) is 4.92. The van der Waals surface area contributed by atoms with Gasteiger partial charge in [-0.15, -0.1) is 11.3 Å². The van der Waals surface area contributed by atoms with E-state index in [0.717, 1.165) is 5.56 Å². The van der Waals surface area contributed by atoms with Gasteiger partial charge in [0.1, 0.15) is 5.82 Å². The van der Waals surface area contributed by atoms with Gasteiger partial charge in [0.25, 0.3) is 0 Å². The summed E-state index contributed by atoms with van der Waals surface area (Å²) in [6, 6.07) is 7.12. The summed E-state index contributed by atoms with van der Waals surface area (Å²) in [6.07, 6.45) is 0.649. The number of rotatable bonds is 4. The molecule has 0 bridgehead atoms. The average Bonchev–Trinajstić information content (AvgIpc) is 2.77. The number of halogens is 2. The lowest BCUT2D eigenvalue weighted by molar-refractivity contribution is 0.552. The van der Waals surface area contributed by atoms with Gasteiger partial charge in [-0.25, -0.2) is 4.39 Å². The standard InChI is InChI=1S/C13H14BrFN2S/c1-8-5-6-18-13(8)11(17-16)7-9-3-2-4-10(15)12(9)14/h2-6,11,17H,7,16H2,1H3. The Morgan fingerprint density at radius 3 is 2.83 bits per heavy atom. The number of benzene rings is 1. The van der Waals surface area contributed by atoms with Crippen LogP contribution in [0, 0.1) is 12.7 Å². The maximum absolute atomic E-state index is 13.5. The van der Waals surface area contributed by atoms with Crippen molar-refractivity contribution in [2.75, 3.05) is 0 Å². The number of hydrogen-bond acceptors (Lipinski definition) is 3. The second kappa shape index (κ2) is 5.93. The monoisotopic (exact) mass is 328 g/mol. The topological polar surface area (TPSA) is 38.0 Å². The van der Waals surface area contributed by atoms with Crippen LogP contribution >= 0.6 is 27.3 Å². The highest BCUT2D eigenvalue weighted by molar-refractivity contribution is 9.10. The predicted molar refractivity (Wildman–Crippen MR) is 76.9 cm³/mol. The molecule has 1 aromatic heterocycles. The highest BCUT2D eigenvalue weighted by atomic mass is 79.9. The molecule has 2 aromatic rings. The Hall–Kier alpha value is -0.750. The minimum absolute atomic E-state index is 0.00287. The van der Waals surface area contributed by atoms with Crippen LogP contribution in [0.5, 0.6) is 0 Å². The molecule has 0 amide bonds. The molecule has 0 saturated carbocycles. The molecule has 3 N–H and O–H groups in total. The number of hydrogen-bond donors (Lipinski definition) is 2. The largest absolute Gasteiger partial charge is 0.271 e. The van der Waals surface area contributed by atoms with E-state index >= 15 is 0 Å². The fourth-order valence-corrected chi connectivity index (χ4v) is 3.31. The summed E-state index contributed by atoms with van der Waals surface area (Å²) in [5.74, 6) is 5.37. The van der Waals surface area contributed by atoms with E-state index in [9.17, 15) is 4.39 Å². The van der Waals surface area contributed by atoms with Gasteiger partial charge in [-0.2, -0.15) is 0 Å². The van der Waals surface area contributed by atoms with Crippen LogP contribution in [0.4, 0.5) is 4.39 Å². The number of aryl methyl sites for hydroxylation is 1. The Morgan fingerprint density at radius 2 is 2.22 bits per heavy atom. The molecule has 18 heavy (non-hydrogen) atoms. The first-order chi connectivity index (χ1) is 8.63. The molecule has 0 aliphatic carbocycles. The molecule has 0 aliphatic rings. The molecule has 0 spiro atoms. The van der Waals surface area contributed by atoms with Crippen LogP contribution in [0.15, 0.2) is 34.1 Å². The van der Waals surface area contributed by atoms with Crippen molar-refractivity contribution >= 4 is 27.3 Å². The average molecular weight is 329 g/mol. The quantitative estimate of drug-likeness (QED) is 0.663. The molecule has 2 rings (SSSR count). The van der Waals surface area contributed by atoms with Crippen molar-refractivity contribution in [1.29, 1.82) is 0 Å². The van der Waals surface area contributed by atoms with Gasteiger partial charge >= 0.3 is 0 Å². The summed E-state index contributed by atoms with van der Waals surface area (Å²) >= 11 is 4.94. The Bertz CT molecular complexity index is 542. The molecule has 1 unspecified atom stereocenters. The van der Waals surface area contributed by atoms with Gasteiger partial charge < -0.3 is 0 Å². The second-order valence-electron chi connectivity index (χ2n) is 4.10. The highest BCUT2D eigenvalue weighted by Crippen LogP contribution is 2.29. The van der Waals surface area contributed by atoms with Gasteiger partial charge in [0.2, 0.25) is 0 Å². The van der Waals surface area contributed by atoms with Gasteiger partial charge in [-0.3, -0.25) is 11.3 Å². The molecular formula is C13H14BrFN2S. The Morgan fingerprint density at radius 1 is 1.44 bits per heavy atom. The van der Waals surface area contributed by atoms with Crippen LogP contribution in [0.25, 0.3) is 0 Å². The highest BCUT2D eigenvalue weighted by Gasteiger charge is 2.16. The lowest BCUT2D eigenvalue weighted by Crippen LogP contribution is -2.29. The van der Waals surface area contributed by atoms with Gasteiger partial charge in [-0.05, 0) is 57.9 Å². The lowest BCUT2D eigenvalue weighted by Gasteiger charge is -2.16. The summed E-state index contributed by atoms with van der Waals surface area (Å²) in [4.78, 5) is 1.19. The third-order valence-electron chi connectivity index (χ3n) is 2.87. The summed E-state index contributed by atoms with van der Waals surface area (Å²) in [6.45, 7) is 2.05. The zero-order chi connectivity index (χ0) is 13.1. The normalized spacial score (nSPS) is 12.7. The van der Waals surface area contributed by atoms with E-state index < -0.39 is 0 Å². The molecule has 0 saturated heterocycles. The van der Waals surface area contributed by atoms with Crippen molar-refractivity contribution in [3.63, 3.8) is 0 Å². The van der Waals surface area contributed by atoms with E-state index in [2.05, 4.69) is 34.3 Å². The van der Waals surface area contributed by atoms with E-state index in [1.165, 1.54) is 16.5 Å². The van der Waals surface area contributed by atoms with Crippen molar-refractivity contribution < 1.29 is 4.39 Å². The van der Waals surface area contributed by atoms with Gasteiger partial charge in [0.15, 0.2) is 0 Å². The number of nitrogens with two attached hydrogens (primary N) is 1. The number of thiophene rings is 1. The molecule has 1 aromatic carbocycles. The number of hydrazine groups is 1. The molecule has 2 nitrogen and oxygen atoms in total. The van der Waals surface area contributed by atoms with E-state index in [0.29, 0.717) is 10.9 Å². The van der Waals surface area contributed by atoms with Crippen LogP contribution in [0.2, 0.25) is 0 Å². The van der Waals surface area contributed by atoms with Crippen molar-refractivity contribution in [3.05, 3.63) is 55.9 Å². The lowest BCUT2D eigenvalue weighted by atomic mass is 10.0. The van der Waals surface area contributed by atoms with Gasteiger partial charge in [0, 0.05) is 4.88 Å². The predicted octanol–water partition coefficient (Wildman–Crippen LogP) is 3.71. The summed E-state index contributed by atoms with van der Waals surface area (Å²) in [5, 5.41) is 2.04. The molecule has 0 aliphatic heterocycles. The van der Waals surface area contributed by atoms with Crippen molar-refractivity contribution in [2.45, 2.75) is 19.4 Å². The molecular weight excluding hydrogens is 315 g/mol. The molecule has 0 fully saturated rings. The smallest absolute Gasteiger partial charge is 0.137 e. The zero-order valence-corrected chi connectivity index (χ0v) is 12.3. The molecule has 5 heteroatoms. The van der Waals surface area contributed by atoms with E-state index in [1.807, 2.05) is 11.4 Å². The fourth-order valence-electron chi connectivity index (χ4n) is 1.89. The van der Waals surface area contributed by atoms with Gasteiger partial charge in [-0.1, -0.05) is 12.1 Å². The van der Waals surface area contributed by atoms with E-state index in [1.54, 1.807) is 17.4 Å². The van der Waals surface area contributed by atoms with Gasteiger partial charge in [0.05, 0.1) is 10.5 Å². The fraction of sp³-hybridized carbons (Fsp3) is 0.231.